The summed E-state index contributed by atoms with van der Waals surface area (Å²) >= 11 is 18.3. The lowest BCUT2D eigenvalue weighted by Crippen LogP contribution is -2.36. The van der Waals surface area contributed by atoms with Crippen LogP contribution in [0.1, 0.15) is 72.9 Å². The maximum atomic E-state index is 13.4. The predicted molar refractivity (Wildman–Crippen MR) is 165 cm³/mol. The zero-order valence-electron chi connectivity index (χ0n) is 22.7. The molecule has 1 amide bonds. The molecule has 0 aromatic heterocycles. The van der Waals surface area contributed by atoms with Crippen LogP contribution >= 0.6 is 34.8 Å². The Balaban J connectivity index is 1.31. The minimum Gasteiger partial charge on any atom is -0.349 e. The van der Waals surface area contributed by atoms with E-state index in [1.165, 1.54) is 48.6 Å². The number of hydrogen-bond acceptors (Lipinski definition) is 4. The van der Waals surface area contributed by atoms with Crippen molar-refractivity contribution in [3.05, 3.63) is 98.0 Å². The Hall–Kier alpha value is -2.13. The number of halogens is 3. The van der Waals surface area contributed by atoms with Crippen molar-refractivity contribution in [2.24, 2.45) is 0 Å². The van der Waals surface area contributed by atoms with Crippen LogP contribution in [-0.4, -0.2) is 32.3 Å². The van der Waals surface area contributed by atoms with Crippen LogP contribution in [0.15, 0.2) is 65.6 Å². The molecular weight excluding hydrogens is 601 g/mol. The fourth-order valence-corrected chi connectivity index (χ4v) is 7.59. The minimum atomic E-state index is -4.02. The van der Waals surface area contributed by atoms with Gasteiger partial charge in [-0.3, -0.25) is 9.69 Å². The van der Waals surface area contributed by atoms with Gasteiger partial charge in [-0.05, 0) is 97.8 Å². The summed E-state index contributed by atoms with van der Waals surface area (Å²) in [5.74, 6) is -0.248. The summed E-state index contributed by atoms with van der Waals surface area (Å²) in [6.45, 7) is 3.27. The van der Waals surface area contributed by atoms with Crippen molar-refractivity contribution in [3.63, 3.8) is 0 Å². The maximum absolute atomic E-state index is 13.4. The number of nitrogens with zero attached hydrogens (tertiary/aromatic N) is 1. The molecule has 218 valence electrons. The van der Waals surface area contributed by atoms with Crippen LogP contribution in [0.5, 0.6) is 0 Å². The molecular formula is C31H34Cl3N3O3S. The number of sulfonamides is 1. The van der Waals surface area contributed by atoms with E-state index in [2.05, 4.69) is 33.1 Å². The van der Waals surface area contributed by atoms with Gasteiger partial charge in [-0.15, -0.1) is 0 Å². The van der Waals surface area contributed by atoms with E-state index in [1.807, 2.05) is 0 Å². The lowest BCUT2D eigenvalue weighted by Gasteiger charge is -2.29. The third-order valence-electron chi connectivity index (χ3n) is 7.85. The zero-order valence-corrected chi connectivity index (χ0v) is 25.8. The van der Waals surface area contributed by atoms with Crippen molar-refractivity contribution in [2.45, 2.75) is 68.5 Å². The van der Waals surface area contributed by atoms with Crippen molar-refractivity contribution < 1.29 is 13.2 Å². The van der Waals surface area contributed by atoms with Gasteiger partial charge in [-0.25, -0.2) is 13.1 Å². The van der Waals surface area contributed by atoms with Crippen LogP contribution in [0.4, 0.5) is 0 Å². The molecule has 41 heavy (non-hydrogen) atoms. The molecule has 2 unspecified atom stereocenters. The number of carbonyl (C=O) groups excluding carboxylic acids is 1. The Morgan fingerprint density at radius 1 is 0.927 bits per heavy atom. The lowest BCUT2D eigenvalue weighted by atomic mass is 9.86. The molecule has 1 aliphatic heterocycles. The zero-order chi connectivity index (χ0) is 29.0. The number of carbonyl (C=O) groups is 1. The minimum absolute atomic E-state index is 0.0408. The van der Waals surface area contributed by atoms with E-state index < -0.39 is 16.1 Å². The number of likely N-dealkylation sites (tertiary alicyclic amines) is 1. The lowest BCUT2D eigenvalue weighted by molar-refractivity contribution is -0.122. The van der Waals surface area contributed by atoms with E-state index in [1.54, 1.807) is 24.3 Å². The molecule has 0 saturated carbocycles. The number of nitrogens with one attached hydrogen (secondary N) is 2. The average molecular weight is 635 g/mol. The highest BCUT2D eigenvalue weighted by atomic mass is 35.5. The van der Waals surface area contributed by atoms with E-state index in [-0.39, 0.29) is 33.3 Å². The van der Waals surface area contributed by atoms with Gasteiger partial charge in [-0.1, -0.05) is 71.6 Å². The molecule has 5 rings (SSSR count). The molecule has 6 nitrogen and oxygen atoms in total. The highest BCUT2D eigenvalue weighted by Gasteiger charge is 2.27. The van der Waals surface area contributed by atoms with Crippen LogP contribution in [0.2, 0.25) is 15.1 Å². The van der Waals surface area contributed by atoms with Crippen molar-refractivity contribution in [1.29, 1.82) is 0 Å². The number of hydrogen-bond donors (Lipinski definition) is 2. The third kappa shape index (κ3) is 7.83. The summed E-state index contributed by atoms with van der Waals surface area (Å²) < 4.78 is 29.3. The Labute approximate surface area is 257 Å². The van der Waals surface area contributed by atoms with Crippen molar-refractivity contribution in [2.75, 3.05) is 13.1 Å². The van der Waals surface area contributed by atoms with E-state index in [4.69, 9.17) is 34.8 Å². The highest BCUT2D eigenvalue weighted by Crippen LogP contribution is 2.32. The van der Waals surface area contributed by atoms with E-state index in [9.17, 15) is 13.2 Å². The van der Waals surface area contributed by atoms with Gasteiger partial charge in [0.25, 0.3) is 0 Å². The Morgan fingerprint density at radius 3 is 2.49 bits per heavy atom. The molecule has 3 aromatic carbocycles. The van der Waals surface area contributed by atoms with Gasteiger partial charge in [0.1, 0.15) is 0 Å². The van der Waals surface area contributed by atoms with Crippen LogP contribution in [0.25, 0.3) is 0 Å². The van der Waals surface area contributed by atoms with Crippen LogP contribution in [-0.2, 0) is 27.8 Å². The van der Waals surface area contributed by atoms with Crippen LogP contribution < -0.4 is 10.0 Å². The topological polar surface area (TPSA) is 78.5 Å². The molecule has 2 aliphatic rings. The second kappa shape index (κ2) is 13.4. The van der Waals surface area contributed by atoms with Gasteiger partial charge < -0.3 is 5.32 Å². The van der Waals surface area contributed by atoms with Gasteiger partial charge in [0.15, 0.2) is 0 Å². The number of fused-ring (bicyclic) bond motifs is 1. The molecule has 2 N–H and O–H groups in total. The second-order valence-corrected chi connectivity index (χ2v) is 13.9. The first-order chi connectivity index (χ1) is 19.7. The van der Waals surface area contributed by atoms with E-state index >= 15 is 0 Å². The standard InChI is InChI=1S/C31H34Cl3N3O3S/c32-24-8-4-7-23(17-24)30(36-41(39,40)25-11-13-27(33)28(34)18-25)19-31(38)35-29-9-5-6-22-16-21(10-12-26(22)29)20-37-14-2-1-3-15-37/h4,7-8,10-13,16-18,29-30,36H,1-3,5-6,9,14-15,19-20H2,(H,35,38). The fraction of sp³-hybridized carbons (Fsp3) is 0.387. The molecule has 0 bridgehead atoms. The molecule has 10 heteroatoms. The number of piperidine rings is 1. The summed E-state index contributed by atoms with van der Waals surface area (Å²) in [4.78, 5) is 15.9. The van der Waals surface area contributed by atoms with Crippen molar-refractivity contribution >= 4 is 50.7 Å². The molecule has 1 fully saturated rings. The quantitative estimate of drug-likeness (QED) is 0.260. The molecule has 2 atom stereocenters. The second-order valence-electron chi connectivity index (χ2n) is 10.9. The summed E-state index contributed by atoms with van der Waals surface area (Å²) in [6.07, 6.45) is 6.55. The summed E-state index contributed by atoms with van der Waals surface area (Å²) in [5, 5.41) is 4.00. The van der Waals surface area contributed by atoms with Crippen LogP contribution in [0.3, 0.4) is 0 Å². The maximum Gasteiger partial charge on any atom is 0.241 e. The fourth-order valence-electron chi connectivity index (χ4n) is 5.78. The van der Waals surface area contributed by atoms with Crippen molar-refractivity contribution in [1.82, 2.24) is 14.9 Å². The molecule has 0 radical (unpaired) electrons. The predicted octanol–water partition coefficient (Wildman–Crippen LogP) is 7.24. The van der Waals surface area contributed by atoms with E-state index in [0.29, 0.717) is 10.6 Å². The van der Waals surface area contributed by atoms with E-state index in [0.717, 1.165) is 44.5 Å². The first-order valence-electron chi connectivity index (χ1n) is 14.0. The van der Waals surface area contributed by atoms with Crippen molar-refractivity contribution in [3.8, 4) is 0 Å². The normalized spacial score (nSPS) is 18.5. The number of amides is 1. The smallest absolute Gasteiger partial charge is 0.241 e. The first kappa shape index (κ1) is 30.3. The molecule has 1 heterocycles. The Bertz CT molecular complexity index is 1510. The first-order valence-corrected chi connectivity index (χ1v) is 16.7. The summed E-state index contributed by atoms with van der Waals surface area (Å²) in [5.41, 5.74) is 4.32. The Kier molecular flexibility index (Phi) is 9.95. The molecule has 1 aliphatic carbocycles. The average Bonchev–Trinajstić information content (AvgIpc) is 2.94. The Morgan fingerprint density at radius 2 is 1.73 bits per heavy atom. The van der Waals surface area contributed by atoms with Gasteiger partial charge in [0.2, 0.25) is 15.9 Å². The van der Waals surface area contributed by atoms with Gasteiger partial charge in [-0.2, -0.15) is 0 Å². The third-order valence-corrected chi connectivity index (χ3v) is 10.3. The number of benzene rings is 3. The largest absolute Gasteiger partial charge is 0.349 e. The molecule has 3 aromatic rings. The number of rotatable bonds is 9. The van der Waals surface area contributed by atoms with Gasteiger partial charge >= 0.3 is 0 Å². The SMILES string of the molecule is O=C(CC(NS(=O)(=O)c1ccc(Cl)c(Cl)c1)c1cccc(Cl)c1)NC1CCCc2cc(CN3CCCCC3)ccc21. The van der Waals surface area contributed by atoms with Gasteiger partial charge in [0, 0.05) is 18.0 Å². The monoisotopic (exact) mass is 633 g/mol. The molecule has 1 saturated heterocycles. The van der Waals surface area contributed by atoms with Gasteiger partial charge in [0.05, 0.1) is 27.0 Å². The molecule has 0 spiro atoms. The summed E-state index contributed by atoms with van der Waals surface area (Å²) in [7, 11) is -4.02. The van der Waals surface area contributed by atoms with Crippen LogP contribution in [0, 0.1) is 0 Å². The number of aryl methyl sites for hydroxylation is 1. The summed E-state index contributed by atoms with van der Waals surface area (Å²) in [6, 6.07) is 16.6. The highest BCUT2D eigenvalue weighted by molar-refractivity contribution is 7.89.